The van der Waals surface area contributed by atoms with E-state index in [-0.39, 0.29) is 25.4 Å². The molecule has 0 aliphatic heterocycles. The highest BCUT2D eigenvalue weighted by Crippen LogP contribution is 2.12. The number of rotatable bonds is 7. The summed E-state index contributed by atoms with van der Waals surface area (Å²) in [5, 5.41) is 2.76. The average molecular weight is 346 g/mol. The Morgan fingerprint density at radius 1 is 1.08 bits per heavy atom. The lowest BCUT2D eigenvalue weighted by atomic mass is 10.1. The highest BCUT2D eigenvalue weighted by atomic mass is 32.2. The minimum atomic E-state index is -3.39. The number of amides is 1. The largest absolute Gasteiger partial charge is 0.326 e. The molecule has 1 amide bonds. The van der Waals surface area contributed by atoms with Crippen molar-refractivity contribution in [3.63, 3.8) is 0 Å². The van der Waals surface area contributed by atoms with E-state index in [0.717, 1.165) is 17.4 Å². The van der Waals surface area contributed by atoms with Crippen LogP contribution >= 0.6 is 0 Å². The molecule has 2 rings (SSSR count). The molecule has 0 atom stereocenters. The van der Waals surface area contributed by atoms with E-state index in [1.807, 2.05) is 49.4 Å². The summed E-state index contributed by atoms with van der Waals surface area (Å²) in [6, 6.07) is 16.8. The van der Waals surface area contributed by atoms with Crippen molar-refractivity contribution in [3.8, 4) is 0 Å². The van der Waals surface area contributed by atoms with Crippen molar-refractivity contribution in [2.24, 2.45) is 0 Å². The van der Waals surface area contributed by atoms with Gasteiger partial charge >= 0.3 is 0 Å². The summed E-state index contributed by atoms with van der Waals surface area (Å²) in [5.41, 5.74) is 2.68. The monoisotopic (exact) mass is 346 g/mol. The lowest BCUT2D eigenvalue weighted by molar-refractivity contribution is -0.116. The summed E-state index contributed by atoms with van der Waals surface area (Å²) in [5.74, 6) is -0.209. The van der Waals surface area contributed by atoms with Gasteiger partial charge in [0, 0.05) is 25.2 Å². The van der Waals surface area contributed by atoms with E-state index < -0.39 is 10.0 Å². The van der Waals surface area contributed by atoms with E-state index in [9.17, 15) is 13.2 Å². The van der Waals surface area contributed by atoms with Gasteiger partial charge in [0.15, 0.2) is 0 Å². The molecule has 0 aromatic heterocycles. The molecule has 6 heteroatoms. The van der Waals surface area contributed by atoms with Gasteiger partial charge in [-0.15, -0.1) is 0 Å². The van der Waals surface area contributed by atoms with E-state index in [0.29, 0.717) is 5.69 Å². The number of benzene rings is 2. The molecule has 0 spiro atoms. The smallest absolute Gasteiger partial charge is 0.225 e. The highest BCUT2D eigenvalue weighted by molar-refractivity contribution is 7.88. The van der Waals surface area contributed by atoms with Crippen molar-refractivity contribution in [1.29, 1.82) is 0 Å². The number of aryl methyl sites for hydroxylation is 1. The molecule has 0 unspecified atom stereocenters. The van der Waals surface area contributed by atoms with Crippen LogP contribution in [-0.4, -0.2) is 31.4 Å². The second-order valence-electron chi connectivity index (χ2n) is 5.75. The quantitative estimate of drug-likeness (QED) is 0.838. The van der Waals surface area contributed by atoms with Gasteiger partial charge in [-0.2, -0.15) is 4.31 Å². The standard InChI is InChI=1S/C18H22N2O3S/c1-15-7-6-8-16(13-15)14-20(24(2,22)23)12-11-18(21)19-17-9-4-3-5-10-17/h3-10,13H,11-12,14H2,1-2H3,(H,19,21). The number of carbonyl (C=O) groups excluding carboxylic acids is 1. The molecule has 128 valence electrons. The topological polar surface area (TPSA) is 66.5 Å². The normalized spacial score (nSPS) is 11.5. The van der Waals surface area contributed by atoms with E-state index in [1.165, 1.54) is 4.31 Å². The molecule has 2 aromatic rings. The van der Waals surface area contributed by atoms with Crippen LogP contribution in [0.4, 0.5) is 5.69 Å². The Bertz CT molecular complexity index is 789. The fraction of sp³-hybridized carbons (Fsp3) is 0.278. The number of anilines is 1. The third-order valence-corrected chi connectivity index (χ3v) is 4.81. The van der Waals surface area contributed by atoms with Gasteiger partial charge in [0.1, 0.15) is 0 Å². The molecule has 0 fully saturated rings. The average Bonchev–Trinajstić information content (AvgIpc) is 2.51. The van der Waals surface area contributed by atoms with Gasteiger partial charge in [-0.1, -0.05) is 48.0 Å². The summed E-state index contributed by atoms with van der Waals surface area (Å²) in [4.78, 5) is 12.0. The van der Waals surface area contributed by atoms with Crippen LogP contribution in [0.3, 0.4) is 0 Å². The number of para-hydroxylation sites is 1. The second-order valence-corrected chi connectivity index (χ2v) is 7.73. The Balaban J connectivity index is 1.98. The molecular formula is C18H22N2O3S. The molecule has 0 radical (unpaired) electrons. The Labute approximate surface area is 143 Å². The van der Waals surface area contributed by atoms with Crippen molar-refractivity contribution in [2.45, 2.75) is 19.9 Å². The highest BCUT2D eigenvalue weighted by Gasteiger charge is 2.18. The Kier molecular flexibility index (Phi) is 6.11. The SMILES string of the molecule is Cc1cccc(CN(CCC(=O)Nc2ccccc2)S(C)(=O)=O)c1. The van der Waals surface area contributed by atoms with Gasteiger partial charge in [-0.25, -0.2) is 8.42 Å². The Hall–Kier alpha value is -2.18. The lowest BCUT2D eigenvalue weighted by Crippen LogP contribution is -2.32. The van der Waals surface area contributed by atoms with Crippen molar-refractivity contribution >= 4 is 21.6 Å². The van der Waals surface area contributed by atoms with E-state index in [4.69, 9.17) is 0 Å². The molecule has 0 heterocycles. The van der Waals surface area contributed by atoms with Gasteiger partial charge in [0.25, 0.3) is 0 Å². The summed E-state index contributed by atoms with van der Waals surface area (Å²) in [6.07, 6.45) is 1.27. The summed E-state index contributed by atoms with van der Waals surface area (Å²) >= 11 is 0. The third kappa shape index (κ3) is 5.79. The van der Waals surface area contributed by atoms with E-state index >= 15 is 0 Å². The number of hydrogen-bond donors (Lipinski definition) is 1. The minimum absolute atomic E-state index is 0.105. The van der Waals surface area contributed by atoms with Crippen LogP contribution in [0.1, 0.15) is 17.5 Å². The van der Waals surface area contributed by atoms with Crippen molar-refractivity contribution in [1.82, 2.24) is 4.31 Å². The molecular weight excluding hydrogens is 324 g/mol. The molecule has 5 nitrogen and oxygen atoms in total. The molecule has 0 saturated heterocycles. The number of carbonyl (C=O) groups is 1. The minimum Gasteiger partial charge on any atom is -0.326 e. The molecule has 0 saturated carbocycles. The van der Waals surface area contributed by atoms with Gasteiger partial charge in [0.2, 0.25) is 15.9 Å². The number of hydrogen-bond acceptors (Lipinski definition) is 3. The first-order valence-corrected chi connectivity index (χ1v) is 9.55. The fourth-order valence-corrected chi connectivity index (χ4v) is 3.15. The van der Waals surface area contributed by atoms with E-state index in [2.05, 4.69) is 5.32 Å². The van der Waals surface area contributed by atoms with Crippen molar-refractivity contribution < 1.29 is 13.2 Å². The van der Waals surface area contributed by atoms with Crippen LogP contribution in [0.25, 0.3) is 0 Å². The predicted octanol–water partition coefficient (Wildman–Crippen LogP) is 2.79. The Morgan fingerprint density at radius 3 is 2.42 bits per heavy atom. The molecule has 0 aliphatic rings. The van der Waals surface area contributed by atoms with Crippen LogP contribution < -0.4 is 5.32 Å². The summed E-state index contributed by atoms with van der Waals surface area (Å²) in [6.45, 7) is 2.37. The number of sulfonamides is 1. The predicted molar refractivity (Wildman–Crippen MR) is 96.1 cm³/mol. The van der Waals surface area contributed by atoms with Gasteiger partial charge < -0.3 is 5.32 Å². The van der Waals surface area contributed by atoms with E-state index in [1.54, 1.807) is 12.1 Å². The Morgan fingerprint density at radius 2 is 1.79 bits per heavy atom. The molecule has 0 bridgehead atoms. The second kappa shape index (κ2) is 8.08. The van der Waals surface area contributed by atoms with Crippen LogP contribution in [0.15, 0.2) is 54.6 Å². The molecule has 2 aromatic carbocycles. The van der Waals surface area contributed by atoms with Gasteiger partial charge in [0.05, 0.1) is 6.26 Å². The van der Waals surface area contributed by atoms with Crippen LogP contribution in [0.2, 0.25) is 0 Å². The third-order valence-electron chi connectivity index (χ3n) is 3.56. The molecule has 0 aliphatic carbocycles. The first kappa shape index (κ1) is 18.2. The van der Waals surface area contributed by atoms with Crippen LogP contribution in [0.5, 0.6) is 0 Å². The summed E-state index contributed by atoms with van der Waals surface area (Å²) < 4.78 is 25.3. The van der Waals surface area contributed by atoms with Crippen molar-refractivity contribution in [2.75, 3.05) is 18.1 Å². The lowest BCUT2D eigenvalue weighted by Gasteiger charge is -2.20. The molecule has 1 N–H and O–H groups in total. The maximum atomic E-state index is 12.0. The number of nitrogens with zero attached hydrogens (tertiary/aromatic N) is 1. The molecule has 24 heavy (non-hydrogen) atoms. The number of nitrogens with one attached hydrogen (secondary N) is 1. The van der Waals surface area contributed by atoms with Gasteiger partial charge in [-0.3, -0.25) is 4.79 Å². The first-order chi connectivity index (χ1) is 11.3. The maximum Gasteiger partial charge on any atom is 0.225 e. The van der Waals surface area contributed by atoms with Crippen molar-refractivity contribution in [3.05, 3.63) is 65.7 Å². The zero-order valence-corrected chi connectivity index (χ0v) is 14.7. The fourth-order valence-electron chi connectivity index (χ4n) is 2.35. The zero-order valence-electron chi connectivity index (χ0n) is 13.9. The first-order valence-electron chi connectivity index (χ1n) is 7.70. The van der Waals surface area contributed by atoms with Crippen LogP contribution in [0, 0.1) is 6.92 Å². The maximum absolute atomic E-state index is 12.0. The zero-order chi connectivity index (χ0) is 17.6. The summed E-state index contributed by atoms with van der Waals surface area (Å²) in [7, 11) is -3.39. The van der Waals surface area contributed by atoms with Crippen LogP contribution in [-0.2, 0) is 21.4 Å². The van der Waals surface area contributed by atoms with Gasteiger partial charge in [-0.05, 0) is 24.6 Å².